The first-order valence-corrected chi connectivity index (χ1v) is 20.5. The molecule has 4 fully saturated rings. The first-order chi connectivity index (χ1) is 29.0. The van der Waals surface area contributed by atoms with Crippen molar-refractivity contribution in [3.8, 4) is 0 Å². The Morgan fingerprint density at radius 2 is 1.42 bits per heavy atom. The number of Topliss-reactive ketones (excluding diaryl/α,β-unsaturated/α-hetero) is 1. The van der Waals surface area contributed by atoms with E-state index in [1.54, 1.807) is 42.1 Å². The number of piperidine rings is 1. The molecule has 1 unspecified atom stereocenters. The largest absolute Gasteiger partial charge is 0.368 e. The molecule has 60 heavy (non-hydrogen) atoms. The molecule has 5 aliphatic rings. The molecule has 4 aliphatic heterocycles. The highest BCUT2D eigenvalue weighted by Gasteiger charge is 2.45. The number of ketones is 1. The molecule has 0 spiro atoms. The van der Waals surface area contributed by atoms with Crippen molar-refractivity contribution in [1.82, 2.24) is 39.5 Å². The Kier molecular flexibility index (Phi) is 10.00. The Hall–Kier alpha value is -6.72. The fourth-order valence-electron chi connectivity index (χ4n) is 9.24. The second-order valence-corrected chi connectivity index (χ2v) is 16.0. The topological polar surface area (TPSA) is 203 Å². The van der Waals surface area contributed by atoms with E-state index in [4.69, 9.17) is 4.98 Å². The molecular weight excluding hydrogens is 771 g/mol. The van der Waals surface area contributed by atoms with Crippen LogP contribution in [0.2, 0.25) is 0 Å². The van der Waals surface area contributed by atoms with E-state index in [-0.39, 0.29) is 52.9 Å². The highest BCUT2D eigenvalue weighted by molar-refractivity contribution is 6.23. The summed E-state index contributed by atoms with van der Waals surface area (Å²) in [6.45, 7) is 7.60. The standard InChI is InChI=1S/C42H45N11O7/c1-24-31-23-44-41(47-36(31)52(26-5-3-4-6-26)40(59)35(24)25(2)54)45-33-11-8-28(22-43-33)49-15-19-51(20-16-49)42(60)50-17-13-48(14-18-50)27-7-9-29-30(21-27)39(58)53(38(29)57)32-10-12-34(55)46-37(32)56/h7-9,11,21-23,26,32H,3-6,10,12-20H2,1-2H3,(H,46,55,56)(H,43,44,45,47). The van der Waals surface area contributed by atoms with Crippen LogP contribution in [-0.4, -0.2) is 128 Å². The fourth-order valence-corrected chi connectivity index (χ4v) is 9.24. The minimum Gasteiger partial charge on any atom is -0.368 e. The number of anilines is 4. The molecule has 6 amide bonds. The van der Waals surface area contributed by atoms with Gasteiger partial charge in [0.2, 0.25) is 17.8 Å². The van der Waals surface area contributed by atoms with Crippen molar-refractivity contribution >= 4 is 69.6 Å². The van der Waals surface area contributed by atoms with Crippen LogP contribution in [-0.2, 0) is 9.59 Å². The highest BCUT2D eigenvalue weighted by Crippen LogP contribution is 2.33. The molecule has 18 nitrogen and oxygen atoms in total. The van der Waals surface area contributed by atoms with Crippen molar-refractivity contribution < 1.29 is 28.8 Å². The minimum atomic E-state index is -1.02. The van der Waals surface area contributed by atoms with Crippen LogP contribution in [0.1, 0.15) is 88.1 Å². The molecule has 18 heteroatoms. The number of benzene rings is 1. The number of carbonyl (C=O) groups excluding carboxylic acids is 6. The summed E-state index contributed by atoms with van der Waals surface area (Å²) in [7, 11) is 0. The minimum absolute atomic E-state index is 0.0194. The lowest BCUT2D eigenvalue weighted by Gasteiger charge is -2.41. The molecular formula is C42H45N11O7. The van der Waals surface area contributed by atoms with Crippen LogP contribution in [0.25, 0.3) is 11.0 Å². The molecule has 1 aliphatic carbocycles. The van der Waals surface area contributed by atoms with Crippen molar-refractivity contribution in [3.05, 3.63) is 75.3 Å². The van der Waals surface area contributed by atoms with Gasteiger partial charge in [-0.25, -0.2) is 14.8 Å². The van der Waals surface area contributed by atoms with Crippen LogP contribution in [0.4, 0.5) is 27.9 Å². The summed E-state index contributed by atoms with van der Waals surface area (Å²) in [5.74, 6) is -1.59. The first-order valence-electron chi connectivity index (χ1n) is 20.5. The van der Waals surface area contributed by atoms with E-state index < -0.39 is 29.7 Å². The number of imide groups is 2. The third-order valence-corrected chi connectivity index (χ3v) is 12.5. The van der Waals surface area contributed by atoms with E-state index in [0.29, 0.717) is 80.7 Å². The van der Waals surface area contributed by atoms with Crippen molar-refractivity contribution in [1.29, 1.82) is 0 Å². The molecule has 3 saturated heterocycles. The van der Waals surface area contributed by atoms with Gasteiger partial charge in [-0.1, -0.05) is 12.8 Å². The number of aryl methyl sites for hydroxylation is 1. The number of hydrogen-bond acceptors (Lipinski definition) is 13. The summed E-state index contributed by atoms with van der Waals surface area (Å²) in [5, 5.41) is 6.07. The predicted molar refractivity (Wildman–Crippen MR) is 220 cm³/mol. The lowest BCUT2D eigenvalue weighted by atomic mass is 10.0. The number of hydrogen-bond donors (Lipinski definition) is 2. The van der Waals surface area contributed by atoms with Gasteiger partial charge in [-0.3, -0.25) is 43.6 Å². The highest BCUT2D eigenvalue weighted by atomic mass is 16.2. The molecule has 1 saturated carbocycles. The summed E-state index contributed by atoms with van der Waals surface area (Å²) in [6, 6.07) is 7.81. The van der Waals surface area contributed by atoms with Crippen LogP contribution >= 0.6 is 0 Å². The molecule has 0 radical (unpaired) electrons. The average molecular weight is 816 g/mol. The second kappa shape index (κ2) is 15.5. The fraction of sp³-hybridized carbons (Fsp3) is 0.429. The van der Waals surface area contributed by atoms with Crippen molar-refractivity contribution in [3.63, 3.8) is 0 Å². The van der Waals surface area contributed by atoms with Crippen molar-refractivity contribution in [2.45, 2.75) is 64.5 Å². The van der Waals surface area contributed by atoms with Gasteiger partial charge in [0.25, 0.3) is 17.4 Å². The van der Waals surface area contributed by atoms with E-state index in [9.17, 15) is 33.6 Å². The zero-order valence-corrected chi connectivity index (χ0v) is 33.5. The monoisotopic (exact) mass is 815 g/mol. The number of aromatic nitrogens is 4. The van der Waals surface area contributed by atoms with Crippen molar-refractivity contribution in [2.75, 3.05) is 67.5 Å². The number of fused-ring (bicyclic) bond motifs is 2. The van der Waals surface area contributed by atoms with Gasteiger partial charge in [-0.15, -0.1) is 0 Å². The maximum Gasteiger partial charge on any atom is 0.320 e. The third kappa shape index (κ3) is 6.88. The average Bonchev–Trinajstić information content (AvgIpc) is 3.87. The second-order valence-electron chi connectivity index (χ2n) is 16.0. The zero-order chi connectivity index (χ0) is 41.8. The number of pyridine rings is 2. The lowest BCUT2D eigenvalue weighted by molar-refractivity contribution is -0.136. The predicted octanol–water partition coefficient (Wildman–Crippen LogP) is 3.02. The maximum absolute atomic E-state index is 13.6. The zero-order valence-electron chi connectivity index (χ0n) is 33.5. The molecule has 2 N–H and O–H groups in total. The smallest absolute Gasteiger partial charge is 0.320 e. The number of piperazine rings is 2. The van der Waals surface area contributed by atoms with E-state index in [1.807, 2.05) is 21.9 Å². The van der Waals surface area contributed by atoms with Crippen LogP contribution in [0.5, 0.6) is 0 Å². The van der Waals surface area contributed by atoms with Crippen LogP contribution < -0.4 is 26.0 Å². The summed E-state index contributed by atoms with van der Waals surface area (Å²) in [5.41, 5.74) is 3.12. The molecule has 310 valence electrons. The first kappa shape index (κ1) is 38.8. The normalized spacial score (nSPS) is 20.0. The summed E-state index contributed by atoms with van der Waals surface area (Å²) < 4.78 is 1.69. The van der Waals surface area contributed by atoms with Gasteiger partial charge >= 0.3 is 6.03 Å². The molecule has 4 aromatic rings. The molecule has 0 bridgehead atoms. The Balaban J connectivity index is 0.789. The lowest BCUT2D eigenvalue weighted by Crippen LogP contribution is -2.57. The number of rotatable bonds is 7. The summed E-state index contributed by atoms with van der Waals surface area (Å²) in [4.78, 5) is 113. The van der Waals surface area contributed by atoms with Gasteiger partial charge in [0.05, 0.1) is 28.6 Å². The summed E-state index contributed by atoms with van der Waals surface area (Å²) in [6.07, 6.45) is 7.34. The number of urea groups is 1. The SMILES string of the molecule is CC(=O)c1c(C)c2cnc(Nc3ccc(N4CCN(C(=O)N5CCN(c6ccc7c(c6)C(=O)N(C6CCC(=O)NC6=O)C7=O)CC5)CC4)cn3)nc2n(C2CCCC2)c1=O. The number of carbonyl (C=O) groups is 6. The Morgan fingerprint density at radius 1 is 0.767 bits per heavy atom. The molecule has 3 aromatic heterocycles. The number of nitrogens with zero attached hydrogens (tertiary/aromatic N) is 9. The Bertz CT molecular complexity index is 2520. The van der Waals surface area contributed by atoms with E-state index in [0.717, 1.165) is 42.0 Å². The Morgan fingerprint density at radius 3 is 2.05 bits per heavy atom. The molecule has 1 aromatic carbocycles. The van der Waals surface area contributed by atoms with E-state index in [2.05, 4.69) is 30.4 Å². The number of amides is 6. The van der Waals surface area contributed by atoms with Crippen LogP contribution in [0.15, 0.2) is 47.5 Å². The van der Waals surface area contributed by atoms with Crippen molar-refractivity contribution in [2.24, 2.45) is 0 Å². The van der Waals surface area contributed by atoms with Gasteiger partial charge < -0.3 is 24.9 Å². The van der Waals surface area contributed by atoms with Crippen LogP contribution in [0, 0.1) is 6.92 Å². The Labute approximate surface area is 344 Å². The molecule has 9 rings (SSSR count). The van der Waals surface area contributed by atoms with Gasteiger partial charge in [-0.2, -0.15) is 4.98 Å². The van der Waals surface area contributed by atoms with Gasteiger partial charge in [0.1, 0.15) is 17.5 Å². The van der Waals surface area contributed by atoms with Gasteiger partial charge in [0, 0.05) is 82.1 Å². The van der Waals surface area contributed by atoms with Gasteiger partial charge in [0.15, 0.2) is 5.78 Å². The summed E-state index contributed by atoms with van der Waals surface area (Å²) >= 11 is 0. The van der Waals surface area contributed by atoms with Crippen LogP contribution in [0.3, 0.4) is 0 Å². The van der Waals surface area contributed by atoms with Gasteiger partial charge in [-0.05, 0) is 69.0 Å². The molecule has 7 heterocycles. The quantitative estimate of drug-likeness (QED) is 0.204. The third-order valence-electron chi connectivity index (χ3n) is 12.5. The number of nitrogens with one attached hydrogen (secondary N) is 2. The molecule has 1 atom stereocenters. The maximum atomic E-state index is 13.6. The van der Waals surface area contributed by atoms with E-state index in [1.165, 1.54) is 6.92 Å². The van der Waals surface area contributed by atoms with E-state index >= 15 is 0 Å².